The zero-order chi connectivity index (χ0) is 23.0. The van der Waals surface area contributed by atoms with Crippen LogP contribution in [0.1, 0.15) is 45.4 Å². The van der Waals surface area contributed by atoms with E-state index in [1.54, 1.807) is 4.90 Å². The Morgan fingerprint density at radius 3 is 2.44 bits per heavy atom. The highest BCUT2D eigenvalue weighted by atomic mass is 32.2. The summed E-state index contributed by atoms with van der Waals surface area (Å²) in [5.41, 5.74) is -0.888. The number of likely N-dealkylation sites (tertiary alicyclic amines) is 1. The molecule has 2 aromatic rings. The van der Waals surface area contributed by atoms with Crippen LogP contribution >= 0.6 is 0 Å². The summed E-state index contributed by atoms with van der Waals surface area (Å²) in [5, 5.41) is 0.118. The van der Waals surface area contributed by atoms with Gasteiger partial charge in [-0.2, -0.15) is 4.31 Å². The number of hydrogen-bond donors (Lipinski definition) is 0. The van der Waals surface area contributed by atoms with Crippen LogP contribution in [0.15, 0.2) is 32.7 Å². The van der Waals surface area contributed by atoms with Gasteiger partial charge in [0, 0.05) is 32.7 Å². The average molecular weight is 463 g/mol. The van der Waals surface area contributed by atoms with Crippen molar-refractivity contribution in [3.8, 4) is 0 Å². The highest BCUT2D eigenvalue weighted by Gasteiger charge is 2.33. The second kappa shape index (κ2) is 8.82. The Morgan fingerprint density at radius 2 is 1.75 bits per heavy atom. The number of aryl methyl sites for hydroxylation is 1. The summed E-state index contributed by atoms with van der Waals surface area (Å²) >= 11 is 0. The normalized spacial score (nSPS) is 20.2. The number of piperidine rings is 1. The highest BCUT2D eigenvalue weighted by Crippen LogP contribution is 2.28. The molecule has 1 atom stereocenters. The molecule has 9 nitrogen and oxygen atoms in total. The number of rotatable bonds is 5. The molecule has 1 unspecified atom stereocenters. The van der Waals surface area contributed by atoms with Crippen LogP contribution < -0.4 is 11.2 Å². The van der Waals surface area contributed by atoms with E-state index in [4.69, 9.17) is 0 Å². The SMILES string of the molecule is CCC1CCCCN1S(=O)(=O)c1ccc2c(c1)c(=O)n(CC(=O)N1CCCC1)c(=O)n2C. The van der Waals surface area contributed by atoms with E-state index < -0.39 is 21.3 Å². The summed E-state index contributed by atoms with van der Waals surface area (Å²) < 4.78 is 30.5. The molecule has 0 aliphatic carbocycles. The molecule has 0 saturated carbocycles. The first-order chi connectivity index (χ1) is 15.3. The lowest BCUT2D eigenvalue weighted by Crippen LogP contribution is -2.44. The molecule has 0 spiro atoms. The zero-order valence-electron chi connectivity index (χ0n) is 18.6. The van der Waals surface area contributed by atoms with Crippen molar-refractivity contribution < 1.29 is 13.2 Å². The third kappa shape index (κ3) is 3.90. The van der Waals surface area contributed by atoms with Gasteiger partial charge in [-0.15, -0.1) is 0 Å². The zero-order valence-corrected chi connectivity index (χ0v) is 19.4. The molecule has 0 radical (unpaired) electrons. The molecule has 0 N–H and O–H groups in total. The average Bonchev–Trinajstić information content (AvgIpc) is 3.35. The molecule has 2 aliphatic heterocycles. The van der Waals surface area contributed by atoms with E-state index in [1.807, 2.05) is 6.92 Å². The predicted octanol–water partition coefficient (Wildman–Crippen LogP) is 1.28. The summed E-state index contributed by atoms with van der Waals surface area (Å²) in [6.07, 6.45) is 5.18. The Kier molecular flexibility index (Phi) is 6.26. The molecule has 10 heteroatoms. The molecule has 1 aromatic carbocycles. The molecule has 2 fully saturated rings. The fourth-order valence-electron chi connectivity index (χ4n) is 4.83. The Morgan fingerprint density at radius 1 is 1.06 bits per heavy atom. The van der Waals surface area contributed by atoms with Crippen LogP contribution in [0.25, 0.3) is 10.9 Å². The van der Waals surface area contributed by atoms with E-state index >= 15 is 0 Å². The topological polar surface area (TPSA) is 102 Å². The van der Waals surface area contributed by atoms with Crippen LogP contribution in [0.3, 0.4) is 0 Å². The molecule has 1 amide bonds. The first kappa shape index (κ1) is 22.7. The van der Waals surface area contributed by atoms with Crippen molar-refractivity contribution in [2.75, 3.05) is 19.6 Å². The van der Waals surface area contributed by atoms with Crippen molar-refractivity contribution in [2.45, 2.75) is 62.9 Å². The number of carbonyl (C=O) groups excluding carboxylic acids is 1. The molecule has 174 valence electrons. The highest BCUT2D eigenvalue weighted by molar-refractivity contribution is 7.89. The molecule has 2 saturated heterocycles. The van der Waals surface area contributed by atoms with Crippen LogP contribution in [0, 0.1) is 0 Å². The first-order valence-corrected chi connectivity index (χ1v) is 12.7. The lowest BCUT2D eigenvalue weighted by molar-refractivity contribution is -0.130. The van der Waals surface area contributed by atoms with Gasteiger partial charge in [-0.1, -0.05) is 13.3 Å². The van der Waals surface area contributed by atoms with Gasteiger partial charge < -0.3 is 4.90 Å². The summed E-state index contributed by atoms with van der Waals surface area (Å²) in [6.45, 7) is 3.34. The van der Waals surface area contributed by atoms with Crippen LogP contribution in [0.4, 0.5) is 0 Å². The molecular weight excluding hydrogens is 432 g/mol. The van der Waals surface area contributed by atoms with E-state index in [9.17, 15) is 22.8 Å². The van der Waals surface area contributed by atoms with Crippen molar-refractivity contribution in [1.82, 2.24) is 18.3 Å². The number of hydrogen-bond acceptors (Lipinski definition) is 5. The number of sulfonamides is 1. The second-order valence-corrected chi connectivity index (χ2v) is 10.6. The number of aromatic nitrogens is 2. The number of carbonyl (C=O) groups is 1. The Labute approximate surface area is 187 Å². The maximum Gasteiger partial charge on any atom is 0.331 e. The standard InChI is InChI=1S/C22H30N4O5S/c1-3-16-8-4-5-13-26(16)32(30,31)17-9-10-19-18(14-17)21(28)25(22(29)23(19)2)15-20(27)24-11-6-7-12-24/h9-10,14,16H,3-8,11-13,15H2,1-2H3. The minimum absolute atomic E-state index is 0.0403. The number of benzene rings is 1. The first-order valence-electron chi connectivity index (χ1n) is 11.3. The third-order valence-electron chi connectivity index (χ3n) is 6.73. The maximum atomic E-state index is 13.4. The number of nitrogens with zero attached hydrogens (tertiary/aromatic N) is 4. The van der Waals surface area contributed by atoms with Gasteiger partial charge in [0.25, 0.3) is 5.56 Å². The van der Waals surface area contributed by atoms with Crippen LogP contribution in [-0.2, 0) is 28.4 Å². The largest absolute Gasteiger partial charge is 0.341 e. The van der Waals surface area contributed by atoms with Crippen molar-refractivity contribution in [3.63, 3.8) is 0 Å². The van der Waals surface area contributed by atoms with E-state index in [-0.39, 0.29) is 28.8 Å². The fourth-order valence-corrected chi connectivity index (χ4v) is 6.62. The van der Waals surface area contributed by atoms with Crippen molar-refractivity contribution in [1.29, 1.82) is 0 Å². The fraction of sp³-hybridized carbons (Fsp3) is 0.591. The van der Waals surface area contributed by atoms with Gasteiger partial charge in [-0.25, -0.2) is 13.2 Å². The van der Waals surface area contributed by atoms with Crippen molar-refractivity contribution >= 4 is 26.8 Å². The van der Waals surface area contributed by atoms with E-state index in [0.717, 1.165) is 43.1 Å². The Hall–Kier alpha value is -2.46. The molecule has 32 heavy (non-hydrogen) atoms. The molecule has 1 aromatic heterocycles. The van der Waals surface area contributed by atoms with Crippen molar-refractivity contribution in [2.24, 2.45) is 7.05 Å². The quantitative estimate of drug-likeness (QED) is 0.666. The van der Waals surface area contributed by atoms with Crippen LogP contribution in [-0.4, -0.2) is 58.3 Å². The second-order valence-electron chi connectivity index (χ2n) is 8.67. The van der Waals surface area contributed by atoms with Crippen LogP contribution in [0.2, 0.25) is 0 Å². The van der Waals surface area contributed by atoms with Gasteiger partial charge in [-0.05, 0) is 50.3 Å². The predicted molar refractivity (Wildman–Crippen MR) is 121 cm³/mol. The monoisotopic (exact) mass is 462 g/mol. The number of fused-ring (bicyclic) bond motifs is 1. The Bertz CT molecular complexity index is 1260. The lowest BCUT2D eigenvalue weighted by Gasteiger charge is -2.34. The molecule has 2 aliphatic rings. The van der Waals surface area contributed by atoms with E-state index in [2.05, 4.69) is 0 Å². The van der Waals surface area contributed by atoms with Crippen LogP contribution in [0.5, 0.6) is 0 Å². The molecule has 0 bridgehead atoms. The smallest absolute Gasteiger partial charge is 0.331 e. The van der Waals surface area contributed by atoms with Gasteiger partial charge in [-0.3, -0.25) is 18.7 Å². The third-order valence-corrected chi connectivity index (χ3v) is 8.67. The van der Waals surface area contributed by atoms with Gasteiger partial charge >= 0.3 is 5.69 Å². The van der Waals surface area contributed by atoms with Gasteiger partial charge in [0.2, 0.25) is 15.9 Å². The molecular formula is C22H30N4O5S. The summed E-state index contributed by atoms with van der Waals surface area (Å²) in [6, 6.07) is 4.25. The van der Waals surface area contributed by atoms with Gasteiger partial charge in [0.15, 0.2) is 0 Å². The minimum Gasteiger partial charge on any atom is -0.341 e. The summed E-state index contributed by atoms with van der Waals surface area (Å²) in [4.78, 5) is 40.3. The molecule has 4 rings (SSSR count). The number of amides is 1. The van der Waals surface area contributed by atoms with Gasteiger partial charge in [0.05, 0.1) is 15.8 Å². The molecule has 3 heterocycles. The maximum absolute atomic E-state index is 13.4. The van der Waals surface area contributed by atoms with E-state index in [1.165, 1.54) is 34.1 Å². The lowest BCUT2D eigenvalue weighted by atomic mass is 10.0. The van der Waals surface area contributed by atoms with Crippen molar-refractivity contribution in [3.05, 3.63) is 39.0 Å². The minimum atomic E-state index is -3.78. The van der Waals surface area contributed by atoms with Gasteiger partial charge in [0.1, 0.15) is 6.54 Å². The summed E-state index contributed by atoms with van der Waals surface area (Å²) in [5.74, 6) is -0.274. The van der Waals surface area contributed by atoms with E-state index in [0.29, 0.717) is 25.2 Å². The Balaban J connectivity index is 1.78. The summed E-state index contributed by atoms with van der Waals surface area (Å²) in [7, 11) is -2.26.